The minimum atomic E-state index is -3.03. The molecular weight excluding hydrogens is 388 g/mol. The second-order valence-corrected chi connectivity index (χ2v) is 9.79. The molecule has 6 nitrogen and oxygen atoms in total. The van der Waals surface area contributed by atoms with Crippen LogP contribution in [-0.4, -0.2) is 57.0 Å². The molecule has 1 aliphatic rings. The maximum atomic E-state index is 12.8. The lowest BCUT2D eigenvalue weighted by molar-refractivity contribution is -0.132. The normalized spacial score (nSPS) is 18.8. The van der Waals surface area contributed by atoms with Crippen LogP contribution in [0.25, 0.3) is 0 Å². The highest BCUT2D eigenvalue weighted by atomic mass is 32.2. The Labute approximate surface area is 172 Å². The molecule has 156 valence electrons. The SMILES string of the molecule is COc1ccc(N[C@@H](C)C(=O)N(C)[C@@H]2CCS(=O)(=O)C2)cc1Cc1ccccc1. The molecule has 7 heteroatoms. The molecule has 0 bridgehead atoms. The Bertz CT molecular complexity index is 960. The van der Waals surface area contributed by atoms with Gasteiger partial charge < -0.3 is 15.0 Å². The Hall–Kier alpha value is -2.54. The van der Waals surface area contributed by atoms with E-state index in [0.29, 0.717) is 6.42 Å². The third-order valence-corrected chi connectivity index (χ3v) is 7.13. The van der Waals surface area contributed by atoms with Crippen molar-refractivity contribution in [2.24, 2.45) is 0 Å². The van der Waals surface area contributed by atoms with E-state index in [1.807, 2.05) is 36.4 Å². The van der Waals surface area contributed by atoms with Gasteiger partial charge >= 0.3 is 0 Å². The first kappa shape index (κ1) is 21.2. The van der Waals surface area contributed by atoms with Gasteiger partial charge in [0.15, 0.2) is 9.84 Å². The van der Waals surface area contributed by atoms with Crippen LogP contribution >= 0.6 is 0 Å². The van der Waals surface area contributed by atoms with E-state index in [1.54, 1.807) is 26.0 Å². The fraction of sp³-hybridized carbons (Fsp3) is 0.409. The molecule has 2 aromatic rings. The lowest BCUT2D eigenvalue weighted by Gasteiger charge is -2.27. The average molecular weight is 417 g/mol. The van der Waals surface area contributed by atoms with Gasteiger partial charge in [0.05, 0.1) is 18.6 Å². The van der Waals surface area contributed by atoms with Crippen LogP contribution in [0.2, 0.25) is 0 Å². The summed E-state index contributed by atoms with van der Waals surface area (Å²) in [6.07, 6.45) is 1.22. The van der Waals surface area contributed by atoms with Crippen LogP contribution in [-0.2, 0) is 21.1 Å². The van der Waals surface area contributed by atoms with Gasteiger partial charge in [-0.25, -0.2) is 8.42 Å². The molecular formula is C22H28N2O4S. The first-order valence-electron chi connectivity index (χ1n) is 9.73. The summed E-state index contributed by atoms with van der Waals surface area (Å²) in [5.74, 6) is 0.878. The Balaban J connectivity index is 1.70. The molecule has 0 spiro atoms. The van der Waals surface area contributed by atoms with E-state index in [4.69, 9.17) is 4.74 Å². The second-order valence-electron chi connectivity index (χ2n) is 7.56. The third-order valence-electron chi connectivity index (χ3n) is 5.38. The van der Waals surface area contributed by atoms with Crippen LogP contribution < -0.4 is 10.1 Å². The van der Waals surface area contributed by atoms with Crippen molar-refractivity contribution in [3.63, 3.8) is 0 Å². The Morgan fingerprint density at radius 1 is 1.24 bits per heavy atom. The molecule has 3 rings (SSSR count). The molecule has 1 amide bonds. The van der Waals surface area contributed by atoms with Crippen molar-refractivity contribution in [2.45, 2.75) is 31.8 Å². The zero-order valence-corrected chi connectivity index (χ0v) is 17.9. The number of carbonyl (C=O) groups is 1. The smallest absolute Gasteiger partial charge is 0.244 e. The lowest BCUT2D eigenvalue weighted by atomic mass is 10.0. The van der Waals surface area contributed by atoms with E-state index >= 15 is 0 Å². The van der Waals surface area contributed by atoms with E-state index in [9.17, 15) is 13.2 Å². The van der Waals surface area contributed by atoms with E-state index < -0.39 is 15.9 Å². The van der Waals surface area contributed by atoms with Crippen molar-refractivity contribution < 1.29 is 17.9 Å². The summed E-state index contributed by atoms with van der Waals surface area (Å²) in [7, 11) is 0.298. The van der Waals surface area contributed by atoms with E-state index in [2.05, 4.69) is 17.4 Å². The summed E-state index contributed by atoms with van der Waals surface area (Å²) in [5.41, 5.74) is 3.03. The number of hydrogen-bond donors (Lipinski definition) is 1. The van der Waals surface area contributed by atoms with Crippen LogP contribution in [0.3, 0.4) is 0 Å². The highest BCUT2D eigenvalue weighted by Gasteiger charge is 2.34. The van der Waals surface area contributed by atoms with Crippen molar-refractivity contribution in [3.05, 3.63) is 59.7 Å². The van der Waals surface area contributed by atoms with Crippen molar-refractivity contribution in [1.29, 1.82) is 0 Å². The summed E-state index contributed by atoms with van der Waals surface area (Å²) in [4.78, 5) is 14.4. The first-order valence-corrected chi connectivity index (χ1v) is 11.6. The number of anilines is 1. The van der Waals surface area contributed by atoms with Crippen molar-refractivity contribution in [2.75, 3.05) is 31.0 Å². The van der Waals surface area contributed by atoms with Gasteiger partial charge in [-0.3, -0.25) is 4.79 Å². The van der Waals surface area contributed by atoms with Crippen molar-refractivity contribution in [1.82, 2.24) is 4.90 Å². The van der Waals surface area contributed by atoms with Gasteiger partial charge in [0.1, 0.15) is 11.8 Å². The van der Waals surface area contributed by atoms with Crippen molar-refractivity contribution in [3.8, 4) is 5.75 Å². The van der Waals surface area contributed by atoms with Crippen molar-refractivity contribution >= 4 is 21.4 Å². The summed E-state index contributed by atoms with van der Waals surface area (Å²) < 4.78 is 28.9. The minimum absolute atomic E-state index is 0.0473. The van der Waals surface area contributed by atoms with Crippen LogP contribution in [0, 0.1) is 0 Å². The topological polar surface area (TPSA) is 75.7 Å². The molecule has 0 aliphatic carbocycles. The van der Waals surface area contributed by atoms with Gasteiger partial charge in [0.25, 0.3) is 0 Å². The Morgan fingerprint density at radius 3 is 2.59 bits per heavy atom. The molecule has 1 aliphatic heterocycles. The largest absolute Gasteiger partial charge is 0.496 e. The highest BCUT2D eigenvalue weighted by Crippen LogP contribution is 2.26. The zero-order valence-electron chi connectivity index (χ0n) is 17.1. The molecule has 1 N–H and O–H groups in total. The number of methoxy groups -OCH3 is 1. The Morgan fingerprint density at radius 2 is 1.97 bits per heavy atom. The van der Waals surface area contributed by atoms with Gasteiger partial charge in [-0.05, 0) is 37.1 Å². The highest BCUT2D eigenvalue weighted by molar-refractivity contribution is 7.91. The summed E-state index contributed by atoms with van der Waals surface area (Å²) >= 11 is 0. The van der Waals surface area contributed by atoms with E-state index in [0.717, 1.165) is 23.4 Å². The molecule has 2 aromatic carbocycles. The molecule has 0 unspecified atom stereocenters. The standard InChI is InChI=1S/C22H28N2O4S/c1-16(22(25)24(2)20-11-12-29(26,27)15-20)23-19-9-10-21(28-3)18(14-19)13-17-7-5-4-6-8-17/h4-10,14,16,20,23H,11-13,15H2,1-3H3/t16-,20+/m0/s1. The number of nitrogens with one attached hydrogen (secondary N) is 1. The van der Waals surface area contributed by atoms with Gasteiger partial charge in [0.2, 0.25) is 5.91 Å². The second kappa shape index (κ2) is 8.86. The number of carbonyl (C=O) groups excluding carboxylic acids is 1. The predicted octanol–water partition coefficient (Wildman–Crippen LogP) is 2.73. The molecule has 0 radical (unpaired) electrons. The molecule has 0 aromatic heterocycles. The number of likely N-dealkylation sites (N-methyl/N-ethyl adjacent to an activating group) is 1. The van der Waals surface area contributed by atoms with Gasteiger partial charge in [-0.1, -0.05) is 30.3 Å². The first-order chi connectivity index (χ1) is 13.8. The molecule has 1 fully saturated rings. The molecule has 29 heavy (non-hydrogen) atoms. The molecule has 1 saturated heterocycles. The van der Waals surface area contributed by atoms with E-state index in [-0.39, 0.29) is 23.5 Å². The van der Waals surface area contributed by atoms with Gasteiger partial charge in [0, 0.05) is 30.8 Å². The number of benzene rings is 2. The predicted molar refractivity (Wildman–Crippen MR) is 115 cm³/mol. The van der Waals surface area contributed by atoms with Gasteiger partial charge in [-0.2, -0.15) is 0 Å². The zero-order chi connectivity index (χ0) is 21.0. The van der Waals surface area contributed by atoms with Gasteiger partial charge in [-0.15, -0.1) is 0 Å². The van der Waals surface area contributed by atoms with Crippen LogP contribution in [0.5, 0.6) is 5.75 Å². The number of nitrogens with zero attached hydrogens (tertiary/aromatic N) is 1. The fourth-order valence-corrected chi connectivity index (χ4v) is 5.47. The number of ether oxygens (including phenoxy) is 1. The fourth-order valence-electron chi connectivity index (χ4n) is 3.70. The third kappa shape index (κ3) is 5.29. The summed E-state index contributed by atoms with van der Waals surface area (Å²) in [6, 6.07) is 15.2. The average Bonchev–Trinajstić information content (AvgIpc) is 3.07. The maximum absolute atomic E-state index is 12.8. The summed E-state index contributed by atoms with van der Waals surface area (Å²) in [6.45, 7) is 1.80. The molecule has 1 heterocycles. The lowest BCUT2D eigenvalue weighted by Crippen LogP contribution is -2.45. The van der Waals surface area contributed by atoms with E-state index in [1.165, 1.54) is 5.56 Å². The number of sulfone groups is 1. The number of amides is 1. The number of rotatable bonds is 7. The summed E-state index contributed by atoms with van der Waals surface area (Å²) in [5, 5.41) is 3.25. The minimum Gasteiger partial charge on any atom is -0.496 e. The monoisotopic (exact) mass is 416 g/mol. The Kier molecular flexibility index (Phi) is 6.47. The molecule has 0 saturated carbocycles. The van der Waals surface area contributed by atoms with Crippen LogP contribution in [0.15, 0.2) is 48.5 Å². The van der Waals surface area contributed by atoms with Crippen LogP contribution in [0.1, 0.15) is 24.5 Å². The molecule has 2 atom stereocenters. The van der Waals surface area contributed by atoms with Crippen LogP contribution in [0.4, 0.5) is 5.69 Å². The maximum Gasteiger partial charge on any atom is 0.244 e. The quantitative estimate of drug-likeness (QED) is 0.751. The number of hydrogen-bond acceptors (Lipinski definition) is 5.